The van der Waals surface area contributed by atoms with E-state index in [9.17, 15) is 9.90 Å². The molecule has 3 aromatic rings. The van der Waals surface area contributed by atoms with Gasteiger partial charge in [-0.25, -0.2) is 4.39 Å². The van der Waals surface area contributed by atoms with Gasteiger partial charge in [-0.1, -0.05) is 11.6 Å². The predicted octanol–water partition coefficient (Wildman–Crippen LogP) is 7.34. The number of benzene rings is 1. The molecular formula is C27H32ClFN2O3S2. The minimum Gasteiger partial charge on any atom is -0.497 e. The molecule has 5 nitrogen and oxygen atoms in total. The number of piperidine rings is 1. The summed E-state index contributed by atoms with van der Waals surface area (Å²) in [7, 11) is 1.59. The number of ether oxygens (including phenoxy) is 1. The van der Waals surface area contributed by atoms with Crippen LogP contribution in [-0.2, 0) is 4.79 Å². The summed E-state index contributed by atoms with van der Waals surface area (Å²) in [4.78, 5) is 18.3. The maximum Gasteiger partial charge on any atom is 0.303 e. The molecule has 1 N–H and O–H groups in total. The first-order valence-electron chi connectivity index (χ1n) is 12.3. The number of thiophene rings is 1. The zero-order valence-corrected chi connectivity index (χ0v) is 22.8. The van der Waals surface area contributed by atoms with Crippen LogP contribution in [0.1, 0.15) is 43.8 Å². The Kier molecular flexibility index (Phi) is 9.87. The second kappa shape index (κ2) is 13.1. The normalized spacial score (nSPS) is 19.4. The first kappa shape index (κ1) is 27.2. The average molecular weight is 551 g/mol. The van der Waals surface area contributed by atoms with Crippen LogP contribution in [0, 0.1) is 11.8 Å². The number of aliphatic carboxylic acids is 1. The summed E-state index contributed by atoms with van der Waals surface area (Å²) in [5.41, 5.74) is 1.36. The van der Waals surface area contributed by atoms with E-state index in [1.165, 1.54) is 0 Å². The minimum atomic E-state index is -1.13. The summed E-state index contributed by atoms with van der Waals surface area (Å²) < 4.78 is 21.9. The van der Waals surface area contributed by atoms with Gasteiger partial charge in [-0.2, -0.15) is 0 Å². The fourth-order valence-corrected chi connectivity index (χ4v) is 7.39. The predicted molar refractivity (Wildman–Crippen MR) is 146 cm³/mol. The van der Waals surface area contributed by atoms with Crippen molar-refractivity contribution in [2.24, 2.45) is 11.8 Å². The van der Waals surface area contributed by atoms with Gasteiger partial charge < -0.3 is 14.7 Å². The number of thioether (sulfide) groups is 1. The molecule has 1 fully saturated rings. The number of carboxylic acids is 1. The number of hydrogen-bond donors (Lipinski definition) is 1. The van der Waals surface area contributed by atoms with Gasteiger partial charge in [0.1, 0.15) is 11.9 Å². The van der Waals surface area contributed by atoms with E-state index in [-0.39, 0.29) is 18.3 Å². The van der Waals surface area contributed by atoms with Crippen LogP contribution in [0.3, 0.4) is 0 Å². The molecule has 36 heavy (non-hydrogen) atoms. The van der Waals surface area contributed by atoms with Crippen molar-refractivity contribution < 1.29 is 19.0 Å². The lowest BCUT2D eigenvalue weighted by Crippen LogP contribution is -2.42. The van der Waals surface area contributed by atoms with Crippen LogP contribution < -0.4 is 4.74 Å². The Balaban J connectivity index is 1.32. The van der Waals surface area contributed by atoms with Crippen LogP contribution in [-0.4, -0.2) is 53.5 Å². The molecule has 3 atom stereocenters. The van der Waals surface area contributed by atoms with E-state index in [4.69, 9.17) is 16.3 Å². The summed E-state index contributed by atoms with van der Waals surface area (Å²) in [5, 5.41) is 13.1. The highest BCUT2D eigenvalue weighted by Crippen LogP contribution is 2.37. The van der Waals surface area contributed by atoms with E-state index in [1.807, 2.05) is 29.6 Å². The number of methoxy groups -OCH3 is 1. The Morgan fingerprint density at radius 3 is 2.97 bits per heavy atom. The molecular weight excluding hydrogens is 519 g/mol. The molecule has 0 saturated carbocycles. The molecule has 4 rings (SSSR count). The van der Waals surface area contributed by atoms with E-state index >= 15 is 4.39 Å². The third-order valence-electron chi connectivity index (χ3n) is 6.96. The molecule has 0 radical (unpaired) electrons. The van der Waals surface area contributed by atoms with Gasteiger partial charge in [0.25, 0.3) is 0 Å². The molecule has 0 amide bonds. The van der Waals surface area contributed by atoms with Crippen molar-refractivity contribution in [2.75, 3.05) is 32.5 Å². The zero-order valence-electron chi connectivity index (χ0n) is 20.4. The standard InChI is InChI=1S/C27H32ClFN2O3S2/c1-34-20-4-6-25-22(16-20)21(7-10-30-25)24(29)5-3-18-8-12-31(17-19(18)15-26(32)33)11-2-13-35-27-23(28)9-14-36-27/h4,6-7,9-10,14,16,18-19,24H,2-3,5,8,11-13,15,17H2,1H3,(H,32,33)/t18-,19+,24+/m1/s1. The number of likely N-dealkylation sites (tertiary alicyclic amines) is 1. The number of alkyl halides is 1. The van der Waals surface area contributed by atoms with Gasteiger partial charge in [0.2, 0.25) is 0 Å². The second-order valence-electron chi connectivity index (χ2n) is 9.29. The molecule has 0 aliphatic carbocycles. The van der Waals surface area contributed by atoms with Gasteiger partial charge in [0, 0.05) is 30.3 Å². The monoisotopic (exact) mass is 550 g/mol. The van der Waals surface area contributed by atoms with Crippen molar-refractivity contribution in [1.29, 1.82) is 0 Å². The third-order valence-corrected chi connectivity index (χ3v) is 9.82. The summed E-state index contributed by atoms with van der Waals surface area (Å²) in [6.07, 6.45) is 3.61. The van der Waals surface area contributed by atoms with E-state index < -0.39 is 12.1 Å². The second-order valence-corrected chi connectivity index (χ2v) is 12.0. The Labute approximate surface area is 225 Å². The van der Waals surface area contributed by atoms with Crippen LogP contribution >= 0.6 is 34.7 Å². The zero-order chi connectivity index (χ0) is 25.5. The number of hydrogen-bond acceptors (Lipinski definition) is 6. The summed E-state index contributed by atoms with van der Waals surface area (Å²) in [6, 6.07) is 9.17. The van der Waals surface area contributed by atoms with Crippen molar-refractivity contribution in [2.45, 2.75) is 42.5 Å². The Morgan fingerprint density at radius 1 is 1.36 bits per heavy atom. The number of nitrogens with zero attached hydrogens (tertiary/aromatic N) is 2. The fourth-order valence-electron chi connectivity index (χ4n) is 5.09. The van der Waals surface area contributed by atoms with Crippen LogP contribution in [0.5, 0.6) is 5.75 Å². The first-order chi connectivity index (χ1) is 17.4. The van der Waals surface area contributed by atoms with E-state index in [2.05, 4.69) is 9.88 Å². The molecule has 1 aromatic carbocycles. The van der Waals surface area contributed by atoms with Crippen LogP contribution in [0.25, 0.3) is 10.9 Å². The van der Waals surface area contributed by atoms with E-state index in [0.29, 0.717) is 24.2 Å². The highest BCUT2D eigenvalue weighted by molar-refractivity contribution is 8.01. The van der Waals surface area contributed by atoms with Gasteiger partial charge >= 0.3 is 5.97 Å². The lowest BCUT2D eigenvalue weighted by atomic mass is 9.79. The number of pyridine rings is 1. The van der Waals surface area contributed by atoms with Crippen molar-refractivity contribution >= 4 is 51.6 Å². The van der Waals surface area contributed by atoms with Crippen molar-refractivity contribution in [3.63, 3.8) is 0 Å². The highest BCUT2D eigenvalue weighted by Gasteiger charge is 2.31. The number of rotatable bonds is 12. The molecule has 0 bridgehead atoms. The van der Waals surface area contributed by atoms with Crippen molar-refractivity contribution in [3.8, 4) is 5.75 Å². The molecule has 1 saturated heterocycles. The molecule has 0 spiro atoms. The van der Waals surface area contributed by atoms with E-state index in [0.717, 1.165) is 58.4 Å². The quantitative estimate of drug-likeness (QED) is 0.188. The fraction of sp³-hybridized carbons (Fsp3) is 0.481. The van der Waals surface area contributed by atoms with Gasteiger partial charge in [-0.05, 0) is 91.9 Å². The van der Waals surface area contributed by atoms with Crippen molar-refractivity contribution in [1.82, 2.24) is 9.88 Å². The van der Waals surface area contributed by atoms with E-state index in [1.54, 1.807) is 42.5 Å². The highest BCUT2D eigenvalue weighted by atomic mass is 35.5. The van der Waals surface area contributed by atoms with Gasteiger partial charge in [0.05, 0.1) is 21.9 Å². The average Bonchev–Trinajstić information content (AvgIpc) is 3.29. The number of carbonyl (C=O) groups is 1. The minimum absolute atomic E-state index is 0.0390. The molecule has 2 aromatic heterocycles. The summed E-state index contributed by atoms with van der Waals surface area (Å²) >= 11 is 9.61. The maximum atomic E-state index is 15.5. The molecule has 0 unspecified atom stereocenters. The third kappa shape index (κ3) is 7.12. The smallest absolute Gasteiger partial charge is 0.303 e. The molecule has 194 valence electrons. The maximum absolute atomic E-state index is 15.5. The topological polar surface area (TPSA) is 62.7 Å². The van der Waals surface area contributed by atoms with Crippen LogP contribution in [0.2, 0.25) is 5.02 Å². The lowest BCUT2D eigenvalue weighted by Gasteiger charge is -2.38. The van der Waals surface area contributed by atoms with Crippen molar-refractivity contribution in [3.05, 3.63) is 52.5 Å². The SMILES string of the molecule is COc1ccc2nccc([C@@H](F)CC[C@@H]3CCN(CCCSc4sccc4Cl)C[C@@H]3CC(=O)O)c2c1. The summed E-state index contributed by atoms with van der Waals surface area (Å²) in [6.45, 7) is 2.63. The van der Waals surface area contributed by atoms with Crippen LogP contribution in [0.4, 0.5) is 4.39 Å². The lowest BCUT2D eigenvalue weighted by molar-refractivity contribution is -0.139. The molecule has 1 aliphatic rings. The Bertz CT molecular complexity index is 1160. The molecule has 3 heterocycles. The Morgan fingerprint density at radius 2 is 2.22 bits per heavy atom. The van der Waals surface area contributed by atoms with Gasteiger partial charge in [0.15, 0.2) is 0 Å². The Hall–Kier alpha value is -1.87. The molecule has 9 heteroatoms. The largest absolute Gasteiger partial charge is 0.497 e. The van der Waals surface area contributed by atoms with Gasteiger partial charge in [-0.3, -0.25) is 9.78 Å². The van der Waals surface area contributed by atoms with Gasteiger partial charge in [-0.15, -0.1) is 23.1 Å². The van der Waals surface area contributed by atoms with Crippen LogP contribution in [0.15, 0.2) is 46.1 Å². The first-order valence-corrected chi connectivity index (χ1v) is 14.6. The number of aromatic nitrogens is 1. The number of carboxylic acid groups (broad SMARTS) is 1. The number of halogens is 2. The molecule has 1 aliphatic heterocycles. The summed E-state index contributed by atoms with van der Waals surface area (Å²) in [5.74, 6) is 1.13. The number of fused-ring (bicyclic) bond motifs is 1.